The lowest BCUT2D eigenvalue weighted by Gasteiger charge is -2.29. The van der Waals surface area contributed by atoms with E-state index in [0.717, 1.165) is 10.5 Å². The first-order chi connectivity index (χ1) is 17.9. The van der Waals surface area contributed by atoms with Crippen LogP contribution in [0, 0.1) is 11.8 Å². The Morgan fingerprint density at radius 1 is 0.789 bits per heavy atom. The highest BCUT2D eigenvalue weighted by atomic mass is 32.2. The number of hydrogen-bond acceptors (Lipinski definition) is 5. The zero-order valence-corrected chi connectivity index (χ0v) is 24.4. The number of nitrogens with one attached hydrogen (secondary N) is 3. The Morgan fingerprint density at radius 3 is 1.89 bits per heavy atom. The van der Waals surface area contributed by atoms with Crippen LogP contribution in [-0.4, -0.2) is 47.4 Å². The largest absolute Gasteiger partial charge is 0.444 e. The van der Waals surface area contributed by atoms with Crippen LogP contribution in [0.25, 0.3) is 0 Å². The van der Waals surface area contributed by atoms with Gasteiger partial charge < -0.3 is 20.7 Å². The molecule has 0 heterocycles. The second-order valence-electron chi connectivity index (χ2n) is 11.1. The highest BCUT2D eigenvalue weighted by molar-refractivity contribution is 7.99. The Labute approximate surface area is 231 Å². The van der Waals surface area contributed by atoms with Crippen LogP contribution in [-0.2, 0) is 20.7 Å². The van der Waals surface area contributed by atoms with Crippen LogP contribution in [0.1, 0.15) is 54.0 Å². The molecular weight excluding hydrogens is 498 g/mol. The Balaban J connectivity index is 2.17. The van der Waals surface area contributed by atoms with Gasteiger partial charge in [-0.05, 0) is 50.3 Å². The molecule has 0 aliphatic rings. The quantitative estimate of drug-likeness (QED) is 0.321. The highest BCUT2D eigenvalue weighted by Gasteiger charge is 2.31. The van der Waals surface area contributed by atoms with E-state index in [2.05, 4.69) is 29.8 Å². The molecule has 0 bridgehead atoms. The van der Waals surface area contributed by atoms with E-state index in [0.29, 0.717) is 12.2 Å². The van der Waals surface area contributed by atoms with Gasteiger partial charge in [0.1, 0.15) is 17.7 Å². The molecule has 0 spiro atoms. The van der Waals surface area contributed by atoms with Gasteiger partial charge in [-0.2, -0.15) is 0 Å². The molecule has 8 heteroatoms. The van der Waals surface area contributed by atoms with Crippen LogP contribution in [0.3, 0.4) is 0 Å². The fraction of sp³-hybridized carbons (Fsp3) is 0.500. The van der Waals surface area contributed by atoms with Crippen LogP contribution >= 0.6 is 11.8 Å². The summed E-state index contributed by atoms with van der Waals surface area (Å²) in [4.78, 5) is 40.5. The van der Waals surface area contributed by atoms with Gasteiger partial charge in [0, 0.05) is 23.1 Å². The minimum absolute atomic E-state index is 0.0938. The second kappa shape index (κ2) is 14.8. The Bertz CT molecular complexity index is 1020. The van der Waals surface area contributed by atoms with Crippen molar-refractivity contribution < 1.29 is 19.1 Å². The van der Waals surface area contributed by atoms with E-state index in [1.54, 1.807) is 32.5 Å². The fourth-order valence-corrected chi connectivity index (χ4v) is 4.87. The van der Waals surface area contributed by atoms with E-state index in [1.165, 1.54) is 0 Å². The third kappa shape index (κ3) is 11.2. The lowest BCUT2D eigenvalue weighted by Crippen LogP contribution is -2.57. The van der Waals surface area contributed by atoms with Crippen molar-refractivity contribution in [2.24, 2.45) is 11.8 Å². The number of alkyl carbamates (subject to hydrolysis) is 1. The van der Waals surface area contributed by atoms with Crippen LogP contribution in [0.5, 0.6) is 0 Å². The highest BCUT2D eigenvalue weighted by Crippen LogP contribution is 2.20. The molecule has 2 aromatic rings. The number of thioether (sulfide) groups is 1. The molecule has 0 saturated carbocycles. The van der Waals surface area contributed by atoms with Crippen molar-refractivity contribution in [2.45, 2.75) is 83.5 Å². The summed E-state index contributed by atoms with van der Waals surface area (Å²) in [6.07, 6.45) is -0.347. The number of carbonyl (C=O) groups excluding carboxylic acids is 3. The van der Waals surface area contributed by atoms with Crippen molar-refractivity contribution >= 4 is 29.7 Å². The first-order valence-electron chi connectivity index (χ1n) is 13.2. The summed E-state index contributed by atoms with van der Waals surface area (Å²) in [5, 5.41) is 8.74. The summed E-state index contributed by atoms with van der Waals surface area (Å²) in [5.74, 6) is -0.000932. The second-order valence-corrected chi connectivity index (χ2v) is 12.2. The van der Waals surface area contributed by atoms with Crippen molar-refractivity contribution in [2.75, 3.05) is 5.75 Å². The molecule has 3 amide bonds. The van der Waals surface area contributed by atoms with Gasteiger partial charge in [-0.1, -0.05) is 76.2 Å². The Hall–Kier alpha value is -3.00. The summed E-state index contributed by atoms with van der Waals surface area (Å²) in [6, 6.07) is 17.9. The van der Waals surface area contributed by atoms with Gasteiger partial charge in [-0.15, -0.1) is 11.8 Å². The van der Waals surface area contributed by atoms with Gasteiger partial charge >= 0.3 is 6.09 Å². The molecule has 3 atom stereocenters. The van der Waals surface area contributed by atoms with Crippen molar-refractivity contribution in [3.05, 3.63) is 66.2 Å². The Morgan fingerprint density at radius 2 is 1.37 bits per heavy atom. The summed E-state index contributed by atoms with van der Waals surface area (Å²) >= 11 is 1.69. The minimum Gasteiger partial charge on any atom is -0.444 e. The maximum atomic E-state index is 13.6. The first-order valence-corrected chi connectivity index (χ1v) is 14.2. The summed E-state index contributed by atoms with van der Waals surface area (Å²) < 4.78 is 5.35. The third-order valence-electron chi connectivity index (χ3n) is 5.84. The van der Waals surface area contributed by atoms with Gasteiger partial charge in [-0.3, -0.25) is 9.59 Å². The lowest BCUT2D eigenvalue weighted by atomic mass is 10.00. The topological polar surface area (TPSA) is 96.5 Å². The fourth-order valence-electron chi connectivity index (χ4n) is 3.68. The molecule has 0 aliphatic heterocycles. The van der Waals surface area contributed by atoms with Crippen LogP contribution in [0.4, 0.5) is 4.79 Å². The summed E-state index contributed by atoms with van der Waals surface area (Å²) in [5.41, 5.74) is 0.232. The van der Waals surface area contributed by atoms with Gasteiger partial charge in [0.25, 0.3) is 0 Å². The van der Waals surface area contributed by atoms with Crippen molar-refractivity contribution in [1.29, 1.82) is 0 Å². The van der Waals surface area contributed by atoms with E-state index in [9.17, 15) is 14.4 Å². The molecule has 7 nitrogen and oxygen atoms in total. The maximum Gasteiger partial charge on any atom is 0.408 e. The van der Waals surface area contributed by atoms with E-state index in [4.69, 9.17) is 4.74 Å². The monoisotopic (exact) mass is 541 g/mol. The molecule has 0 radical (unpaired) electrons. The van der Waals surface area contributed by atoms with E-state index in [-0.39, 0.29) is 23.8 Å². The number of amides is 3. The molecular formula is C30H43N3O4S. The number of hydrogen-bond donors (Lipinski definition) is 3. The minimum atomic E-state index is -0.856. The van der Waals surface area contributed by atoms with Gasteiger partial charge in [0.2, 0.25) is 11.8 Å². The molecule has 0 unspecified atom stereocenters. The van der Waals surface area contributed by atoms with Gasteiger partial charge in [0.15, 0.2) is 0 Å². The predicted octanol–water partition coefficient (Wildman–Crippen LogP) is 5.20. The molecule has 3 N–H and O–H groups in total. The molecule has 0 aromatic heterocycles. The van der Waals surface area contributed by atoms with E-state index < -0.39 is 29.7 Å². The zero-order chi connectivity index (χ0) is 28.3. The van der Waals surface area contributed by atoms with Gasteiger partial charge in [0.05, 0.1) is 0 Å². The van der Waals surface area contributed by atoms with Crippen molar-refractivity contribution in [3.63, 3.8) is 0 Å². The Kier molecular flexibility index (Phi) is 12.2. The number of ether oxygens (including phenoxy) is 1. The molecule has 2 aromatic carbocycles. The molecule has 0 aliphatic carbocycles. The number of benzene rings is 2. The average molecular weight is 542 g/mol. The molecule has 38 heavy (non-hydrogen) atoms. The summed E-state index contributed by atoms with van der Waals surface area (Å²) in [6.45, 7) is 13.1. The lowest BCUT2D eigenvalue weighted by molar-refractivity contribution is -0.131. The van der Waals surface area contributed by atoms with Crippen molar-refractivity contribution in [3.8, 4) is 0 Å². The normalized spacial score (nSPS) is 13.9. The first kappa shape index (κ1) is 31.2. The predicted molar refractivity (Wildman–Crippen MR) is 154 cm³/mol. The van der Waals surface area contributed by atoms with Crippen LogP contribution in [0.2, 0.25) is 0 Å². The standard InChI is InChI=1S/C30H43N3O4S/c1-20(2)25(19-38-23-16-12-9-13-17-23)32-27(34)24(18-22-14-10-8-11-15-22)31-28(35)26(21(3)4)33-29(36)37-30(5,6)7/h8-17,20-21,24-26H,18-19H2,1-7H3,(H,31,35)(H,32,34)(H,33,36)/t24-,25+,26-/m0/s1. The average Bonchev–Trinajstić information content (AvgIpc) is 2.84. The smallest absolute Gasteiger partial charge is 0.408 e. The molecule has 208 valence electrons. The van der Waals surface area contributed by atoms with E-state index >= 15 is 0 Å². The third-order valence-corrected chi connectivity index (χ3v) is 6.97. The number of rotatable bonds is 12. The van der Waals surface area contributed by atoms with Crippen molar-refractivity contribution in [1.82, 2.24) is 16.0 Å². The van der Waals surface area contributed by atoms with E-state index in [1.807, 2.05) is 74.5 Å². The summed E-state index contributed by atoms with van der Waals surface area (Å²) in [7, 11) is 0. The maximum absolute atomic E-state index is 13.6. The SMILES string of the molecule is CC(C)[C@H](NC(=O)OC(C)(C)C)C(=O)N[C@@H](Cc1ccccc1)C(=O)N[C@H](CSc1ccccc1)C(C)C. The zero-order valence-electron chi connectivity index (χ0n) is 23.6. The van der Waals surface area contributed by atoms with Gasteiger partial charge in [-0.25, -0.2) is 4.79 Å². The molecule has 2 rings (SSSR count). The number of carbonyl (C=O) groups is 3. The molecule has 0 fully saturated rings. The van der Waals surface area contributed by atoms with Crippen LogP contribution in [0.15, 0.2) is 65.6 Å². The van der Waals surface area contributed by atoms with Crippen LogP contribution < -0.4 is 16.0 Å². The molecule has 0 saturated heterocycles.